The number of amides is 1. The number of thioether (sulfide) groups is 1. The smallest absolute Gasteiger partial charge is 0.230 e. The number of hydrogen-bond donors (Lipinski definition) is 1. The molecule has 1 aromatic rings. The van der Waals surface area contributed by atoms with Crippen LogP contribution in [0.15, 0.2) is 30.3 Å². The molecule has 0 saturated carbocycles. The van der Waals surface area contributed by atoms with E-state index in [-0.39, 0.29) is 28.7 Å². The molecular weight excluding hydrogens is 332 g/mol. The fraction of sp³-hybridized carbons (Fsp3) is 0.562. The highest BCUT2D eigenvalue weighted by molar-refractivity contribution is 8.02. The van der Waals surface area contributed by atoms with Crippen LogP contribution in [-0.2, 0) is 14.6 Å². The molecule has 2 rings (SSSR count). The number of likely N-dealkylation sites (N-methyl/N-ethyl adjacent to an activating group) is 1. The van der Waals surface area contributed by atoms with Gasteiger partial charge in [0.05, 0.1) is 17.3 Å². The Hall–Kier alpha value is -1.21. The first-order valence-corrected chi connectivity index (χ1v) is 10.6. The van der Waals surface area contributed by atoms with Crippen LogP contribution in [0.3, 0.4) is 0 Å². The first-order chi connectivity index (χ1) is 10.9. The zero-order chi connectivity index (χ0) is 16.9. The van der Waals surface area contributed by atoms with Crippen LogP contribution in [0.25, 0.3) is 0 Å². The van der Waals surface area contributed by atoms with E-state index in [4.69, 9.17) is 0 Å². The van der Waals surface area contributed by atoms with Gasteiger partial charge in [-0.1, -0.05) is 18.2 Å². The Kier molecular flexibility index (Phi) is 6.35. The monoisotopic (exact) mass is 356 g/mol. The van der Waals surface area contributed by atoms with Crippen LogP contribution >= 0.6 is 11.8 Å². The van der Waals surface area contributed by atoms with Crippen molar-refractivity contribution in [1.29, 1.82) is 0 Å². The quantitative estimate of drug-likeness (QED) is 0.803. The normalized spacial score (nSPS) is 20.9. The number of anilines is 1. The lowest BCUT2D eigenvalue weighted by Gasteiger charge is -2.27. The van der Waals surface area contributed by atoms with Crippen LogP contribution in [-0.4, -0.2) is 56.5 Å². The van der Waals surface area contributed by atoms with Gasteiger partial charge in [0.2, 0.25) is 5.91 Å². The molecule has 128 valence electrons. The molecule has 0 unspecified atom stereocenters. The number of carbonyl (C=O) groups is 1. The van der Waals surface area contributed by atoms with Gasteiger partial charge in [0.15, 0.2) is 9.84 Å². The van der Waals surface area contributed by atoms with E-state index in [0.29, 0.717) is 18.7 Å². The standard InChI is InChI=1S/C16H24N2O3S2/c1-13(18(2)14-6-4-3-5-7-14)10-17-16(19)11-22-15-8-9-23(20,21)12-15/h3-7,13,15H,8-12H2,1-2H3,(H,17,19)/t13-,15+/m1/s1. The van der Waals surface area contributed by atoms with E-state index in [1.165, 1.54) is 11.8 Å². The molecule has 0 bridgehead atoms. The van der Waals surface area contributed by atoms with Gasteiger partial charge >= 0.3 is 0 Å². The van der Waals surface area contributed by atoms with Gasteiger partial charge in [-0.15, -0.1) is 11.8 Å². The molecule has 7 heteroatoms. The minimum atomic E-state index is -2.87. The van der Waals surface area contributed by atoms with E-state index in [1.807, 2.05) is 37.4 Å². The number of nitrogens with zero attached hydrogens (tertiary/aromatic N) is 1. The molecule has 1 aromatic carbocycles. The Morgan fingerprint density at radius 2 is 2.09 bits per heavy atom. The molecule has 1 heterocycles. The molecule has 1 amide bonds. The van der Waals surface area contributed by atoms with Gasteiger partial charge in [0.25, 0.3) is 0 Å². The molecule has 1 N–H and O–H groups in total. The van der Waals surface area contributed by atoms with Gasteiger partial charge in [0.1, 0.15) is 0 Å². The Balaban J connectivity index is 1.70. The van der Waals surface area contributed by atoms with Crippen molar-refractivity contribution in [3.63, 3.8) is 0 Å². The average Bonchev–Trinajstić information content (AvgIpc) is 2.89. The van der Waals surface area contributed by atoms with Gasteiger partial charge in [-0.25, -0.2) is 8.42 Å². The summed E-state index contributed by atoms with van der Waals surface area (Å²) in [5, 5.41) is 2.99. The van der Waals surface area contributed by atoms with Gasteiger partial charge in [-0.05, 0) is 25.5 Å². The molecule has 2 atom stereocenters. The zero-order valence-corrected chi connectivity index (χ0v) is 15.2. The Morgan fingerprint density at radius 3 is 2.70 bits per heavy atom. The van der Waals surface area contributed by atoms with Gasteiger partial charge in [-0.2, -0.15) is 0 Å². The molecule has 5 nitrogen and oxygen atoms in total. The topological polar surface area (TPSA) is 66.5 Å². The van der Waals surface area contributed by atoms with E-state index >= 15 is 0 Å². The lowest BCUT2D eigenvalue weighted by atomic mass is 10.2. The summed E-state index contributed by atoms with van der Waals surface area (Å²) >= 11 is 1.45. The van der Waals surface area contributed by atoms with Crippen LogP contribution in [0, 0.1) is 0 Å². The van der Waals surface area contributed by atoms with Crippen LogP contribution in [0.2, 0.25) is 0 Å². The van der Waals surface area contributed by atoms with Crippen molar-refractivity contribution in [1.82, 2.24) is 5.32 Å². The molecule has 1 aliphatic heterocycles. The summed E-state index contributed by atoms with van der Waals surface area (Å²) in [6.45, 7) is 2.62. The highest BCUT2D eigenvalue weighted by Gasteiger charge is 2.28. The zero-order valence-electron chi connectivity index (χ0n) is 13.6. The van der Waals surface area contributed by atoms with Crippen LogP contribution in [0.1, 0.15) is 13.3 Å². The third-order valence-corrected chi connectivity index (χ3v) is 7.34. The Morgan fingerprint density at radius 1 is 1.39 bits per heavy atom. The molecule has 23 heavy (non-hydrogen) atoms. The van der Waals surface area contributed by atoms with Crippen molar-refractivity contribution < 1.29 is 13.2 Å². The summed E-state index contributed by atoms with van der Waals surface area (Å²) in [5.41, 5.74) is 1.11. The highest BCUT2D eigenvalue weighted by atomic mass is 32.2. The van der Waals surface area contributed by atoms with Crippen LogP contribution in [0.4, 0.5) is 5.69 Å². The number of sulfone groups is 1. The maximum atomic E-state index is 11.9. The van der Waals surface area contributed by atoms with Crippen molar-refractivity contribution >= 4 is 33.2 Å². The molecule has 0 aliphatic carbocycles. The van der Waals surface area contributed by atoms with Gasteiger partial charge in [-0.3, -0.25) is 4.79 Å². The van der Waals surface area contributed by atoms with Crippen molar-refractivity contribution in [3.05, 3.63) is 30.3 Å². The van der Waals surface area contributed by atoms with Crippen LogP contribution in [0.5, 0.6) is 0 Å². The van der Waals surface area contributed by atoms with E-state index in [1.54, 1.807) is 0 Å². The first kappa shape index (κ1) is 18.1. The molecule has 1 fully saturated rings. The molecule has 0 radical (unpaired) electrons. The summed E-state index contributed by atoms with van der Waals surface area (Å²) in [5.74, 6) is 0.748. The third-order valence-electron chi connectivity index (χ3n) is 4.06. The number of hydrogen-bond acceptors (Lipinski definition) is 5. The predicted octanol–water partition coefficient (Wildman–Crippen LogP) is 1.55. The van der Waals surface area contributed by atoms with Gasteiger partial charge < -0.3 is 10.2 Å². The fourth-order valence-electron chi connectivity index (χ4n) is 2.45. The van der Waals surface area contributed by atoms with E-state index in [0.717, 1.165) is 5.69 Å². The van der Waals surface area contributed by atoms with Crippen molar-refractivity contribution in [2.45, 2.75) is 24.6 Å². The Bertz CT molecular complexity index is 619. The van der Waals surface area contributed by atoms with E-state index in [2.05, 4.69) is 17.1 Å². The first-order valence-electron chi connectivity index (χ1n) is 7.74. The van der Waals surface area contributed by atoms with Crippen LogP contribution < -0.4 is 10.2 Å². The lowest BCUT2D eigenvalue weighted by molar-refractivity contribution is -0.118. The molecule has 0 spiro atoms. The maximum absolute atomic E-state index is 11.9. The SMILES string of the molecule is C[C@H](CNC(=O)CS[C@H]1CCS(=O)(=O)C1)N(C)c1ccccc1. The number of benzene rings is 1. The lowest BCUT2D eigenvalue weighted by Crippen LogP contribution is -2.41. The summed E-state index contributed by atoms with van der Waals surface area (Å²) in [7, 11) is -0.866. The largest absolute Gasteiger partial charge is 0.370 e. The molecule has 1 aliphatic rings. The van der Waals surface area contributed by atoms with Crippen molar-refractivity contribution in [3.8, 4) is 0 Å². The Labute approximate surface area is 142 Å². The summed E-state index contributed by atoms with van der Waals surface area (Å²) in [6.07, 6.45) is 0.660. The molecule has 0 aromatic heterocycles. The van der Waals surface area contributed by atoms with E-state index in [9.17, 15) is 13.2 Å². The second-order valence-corrected chi connectivity index (χ2v) is 9.45. The average molecular weight is 357 g/mol. The fourth-order valence-corrected chi connectivity index (χ4v) is 5.93. The molecular formula is C16H24N2O3S2. The highest BCUT2D eigenvalue weighted by Crippen LogP contribution is 2.24. The van der Waals surface area contributed by atoms with Crippen molar-refractivity contribution in [2.75, 3.05) is 35.8 Å². The minimum absolute atomic E-state index is 0.0346. The maximum Gasteiger partial charge on any atom is 0.230 e. The predicted molar refractivity (Wildman–Crippen MR) is 96.8 cm³/mol. The summed E-state index contributed by atoms with van der Waals surface area (Å²) in [4.78, 5) is 14.0. The summed E-state index contributed by atoms with van der Waals surface area (Å²) < 4.78 is 22.8. The molecule has 1 saturated heterocycles. The number of rotatable bonds is 7. The number of nitrogens with one attached hydrogen (secondary N) is 1. The minimum Gasteiger partial charge on any atom is -0.370 e. The number of carbonyl (C=O) groups excluding carboxylic acids is 1. The van der Waals surface area contributed by atoms with Gasteiger partial charge in [0, 0.05) is 30.6 Å². The third kappa shape index (κ3) is 5.73. The summed E-state index contributed by atoms with van der Waals surface area (Å²) in [6, 6.07) is 10.2. The van der Waals surface area contributed by atoms with Crippen molar-refractivity contribution in [2.24, 2.45) is 0 Å². The second-order valence-electron chi connectivity index (χ2n) is 5.94. The van der Waals surface area contributed by atoms with E-state index < -0.39 is 9.84 Å². The second kappa shape index (κ2) is 8.06. The number of para-hydroxylation sites is 1.